The second-order valence-electron chi connectivity index (χ2n) is 5.07. The van der Waals surface area contributed by atoms with Gasteiger partial charge in [0.15, 0.2) is 5.96 Å². The van der Waals surface area contributed by atoms with E-state index in [4.69, 9.17) is 16.3 Å². The van der Waals surface area contributed by atoms with E-state index in [1.54, 1.807) is 25.6 Å². The molecule has 0 fully saturated rings. The number of nitrogens with zero attached hydrogens (tertiary/aromatic N) is 3. The molecule has 6 nitrogen and oxygen atoms in total. The molecule has 2 aromatic heterocycles. The monoisotopic (exact) mass is 347 g/mol. The summed E-state index contributed by atoms with van der Waals surface area (Å²) in [4.78, 5) is 12.8. The molecule has 0 atom stereocenters. The van der Waals surface area contributed by atoms with Gasteiger partial charge in [-0.05, 0) is 30.5 Å². The van der Waals surface area contributed by atoms with Gasteiger partial charge >= 0.3 is 0 Å². The van der Waals surface area contributed by atoms with Crippen LogP contribution in [0.4, 0.5) is 0 Å². The summed E-state index contributed by atoms with van der Waals surface area (Å²) in [7, 11) is 1.60. The number of nitrogens with one attached hydrogen (secondary N) is 2. The van der Waals surface area contributed by atoms with Crippen LogP contribution < -0.4 is 15.4 Å². The number of guanidine groups is 1. The number of hydrogen-bond acceptors (Lipinski definition) is 4. The van der Waals surface area contributed by atoms with Crippen molar-refractivity contribution in [3.63, 3.8) is 0 Å². The molecule has 2 N–H and O–H groups in total. The standard InChI is InChI=1S/C17H22ClN5O/c1-3-19-17(20-9-8-13-4-6-15(18)21-10-13)23-12-14-5-7-16(24-2)22-11-14/h4-7,10-11H,3,8-9,12H2,1-2H3,(H2,19,20,23). The van der Waals surface area contributed by atoms with Crippen LogP contribution in [0.2, 0.25) is 5.15 Å². The van der Waals surface area contributed by atoms with Crippen molar-refractivity contribution in [1.82, 2.24) is 20.6 Å². The van der Waals surface area contributed by atoms with E-state index >= 15 is 0 Å². The average Bonchev–Trinajstić information content (AvgIpc) is 2.62. The van der Waals surface area contributed by atoms with E-state index in [2.05, 4.69) is 25.6 Å². The molecule has 0 aliphatic heterocycles. The maximum atomic E-state index is 5.79. The first-order valence-corrected chi connectivity index (χ1v) is 8.20. The van der Waals surface area contributed by atoms with Crippen LogP contribution >= 0.6 is 11.6 Å². The lowest BCUT2D eigenvalue weighted by molar-refractivity contribution is 0.397. The summed E-state index contributed by atoms with van der Waals surface area (Å²) in [6.07, 6.45) is 4.40. The molecule has 0 saturated heterocycles. The van der Waals surface area contributed by atoms with Crippen LogP contribution in [0, 0.1) is 0 Å². The van der Waals surface area contributed by atoms with Gasteiger partial charge in [-0.2, -0.15) is 0 Å². The Kier molecular flexibility index (Phi) is 7.29. The Balaban J connectivity index is 1.86. The zero-order chi connectivity index (χ0) is 17.2. The number of aromatic nitrogens is 2. The normalized spacial score (nSPS) is 11.2. The number of halogens is 1. The fraction of sp³-hybridized carbons (Fsp3) is 0.353. The number of hydrogen-bond donors (Lipinski definition) is 2. The van der Waals surface area contributed by atoms with Gasteiger partial charge in [-0.25, -0.2) is 15.0 Å². The zero-order valence-corrected chi connectivity index (χ0v) is 14.7. The summed E-state index contributed by atoms with van der Waals surface area (Å²) in [5.74, 6) is 1.37. The Morgan fingerprint density at radius 2 is 1.92 bits per heavy atom. The summed E-state index contributed by atoms with van der Waals surface area (Å²) >= 11 is 5.79. The van der Waals surface area contributed by atoms with Gasteiger partial charge in [0.05, 0.1) is 13.7 Å². The van der Waals surface area contributed by atoms with Crippen LogP contribution in [0.1, 0.15) is 18.1 Å². The van der Waals surface area contributed by atoms with Crippen molar-refractivity contribution >= 4 is 17.6 Å². The number of methoxy groups -OCH3 is 1. The lowest BCUT2D eigenvalue weighted by Crippen LogP contribution is -2.38. The average molecular weight is 348 g/mol. The van der Waals surface area contributed by atoms with Gasteiger partial charge < -0.3 is 15.4 Å². The van der Waals surface area contributed by atoms with E-state index in [-0.39, 0.29) is 0 Å². The maximum absolute atomic E-state index is 5.79. The highest BCUT2D eigenvalue weighted by Gasteiger charge is 2.00. The third kappa shape index (κ3) is 6.04. The first kappa shape index (κ1) is 18.0. The Morgan fingerprint density at radius 3 is 2.54 bits per heavy atom. The molecule has 0 radical (unpaired) electrons. The molecule has 0 aliphatic carbocycles. The topological polar surface area (TPSA) is 71.4 Å². The second-order valence-corrected chi connectivity index (χ2v) is 5.46. The van der Waals surface area contributed by atoms with Crippen LogP contribution in [0.5, 0.6) is 5.88 Å². The lowest BCUT2D eigenvalue weighted by Gasteiger charge is -2.11. The molecule has 2 aromatic rings. The molecule has 2 rings (SSSR count). The minimum Gasteiger partial charge on any atom is -0.481 e. The molecule has 0 aromatic carbocycles. The molecule has 0 saturated carbocycles. The molecular weight excluding hydrogens is 326 g/mol. The SMILES string of the molecule is CCNC(=NCc1ccc(OC)nc1)NCCc1ccc(Cl)nc1. The van der Waals surface area contributed by atoms with E-state index in [0.29, 0.717) is 17.6 Å². The Hall–Kier alpha value is -2.34. The number of pyridine rings is 2. The van der Waals surface area contributed by atoms with Gasteiger partial charge in [0, 0.05) is 31.5 Å². The summed E-state index contributed by atoms with van der Waals surface area (Å²) in [6.45, 7) is 4.15. The van der Waals surface area contributed by atoms with Gasteiger partial charge in [-0.1, -0.05) is 23.7 Å². The van der Waals surface area contributed by atoms with E-state index < -0.39 is 0 Å². The smallest absolute Gasteiger partial charge is 0.212 e. The number of ether oxygens (including phenoxy) is 1. The van der Waals surface area contributed by atoms with Gasteiger partial charge in [0.25, 0.3) is 0 Å². The largest absolute Gasteiger partial charge is 0.481 e. The van der Waals surface area contributed by atoms with Crippen LogP contribution in [-0.2, 0) is 13.0 Å². The van der Waals surface area contributed by atoms with E-state index in [9.17, 15) is 0 Å². The molecule has 128 valence electrons. The van der Waals surface area contributed by atoms with Crippen LogP contribution in [0.15, 0.2) is 41.7 Å². The second kappa shape index (κ2) is 9.72. The third-order valence-corrected chi connectivity index (χ3v) is 3.49. The van der Waals surface area contributed by atoms with Crippen molar-refractivity contribution in [2.45, 2.75) is 19.9 Å². The quantitative estimate of drug-likeness (QED) is 0.457. The highest BCUT2D eigenvalue weighted by atomic mass is 35.5. The molecule has 2 heterocycles. The predicted molar refractivity (Wildman–Crippen MR) is 96.6 cm³/mol. The highest BCUT2D eigenvalue weighted by molar-refractivity contribution is 6.29. The van der Waals surface area contributed by atoms with Gasteiger partial charge in [-0.3, -0.25) is 0 Å². The number of aliphatic imine (C=N–C) groups is 1. The molecule has 0 amide bonds. The van der Waals surface area contributed by atoms with Gasteiger partial charge in [-0.15, -0.1) is 0 Å². The lowest BCUT2D eigenvalue weighted by atomic mass is 10.2. The minimum absolute atomic E-state index is 0.509. The zero-order valence-electron chi connectivity index (χ0n) is 13.9. The molecule has 0 aliphatic rings. The van der Waals surface area contributed by atoms with Crippen molar-refractivity contribution in [2.24, 2.45) is 4.99 Å². The van der Waals surface area contributed by atoms with Crippen LogP contribution in [0.25, 0.3) is 0 Å². The predicted octanol–water partition coefficient (Wildman–Crippen LogP) is 2.44. The summed E-state index contributed by atoms with van der Waals surface area (Å²) in [5, 5.41) is 7.05. The Morgan fingerprint density at radius 1 is 1.12 bits per heavy atom. The first-order chi connectivity index (χ1) is 11.7. The summed E-state index contributed by atoms with van der Waals surface area (Å²) in [5.41, 5.74) is 2.15. The van der Waals surface area contributed by atoms with Crippen molar-refractivity contribution in [3.05, 3.63) is 52.9 Å². The summed E-state index contributed by atoms with van der Waals surface area (Å²) < 4.78 is 5.05. The van der Waals surface area contributed by atoms with Crippen LogP contribution in [0.3, 0.4) is 0 Å². The highest BCUT2D eigenvalue weighted by Crippen LogP contribution is 2.07. The van der Waals surface area contributed by atoms with Crippen molar-refractivity contribution in [2.75, 3.05) is 20.2 Å². The molecule has 0 spiro atoms. The molecule has 0 unspecified atom stereocenters. The third-order valence-electron chi connectivity index (χ3n) is 3.27. The van der Waals surface area contributed by atoms with Gasteiger partial charge in [0.2, 0.25) is 5.88 Å². The molecular formula is C17H22ClN5O. The minimum atomic E-state index is 0.509. The first-order valence-electron chi connectivity index (χ1n) is 7.82. The summed E-state index contributed by atoms with van der Waals surface area (Å²) in [6, 6.07) is 7.56. The van der Waals surface area contributed by atoms with E-state index in [1.165, 1.54) is 0 Å². The fourth-order valence-electron chi connectivity index (χ4n) is 2.02. The van der Waals surface area contributed by atoms with Gasteiger partial charge in [0.1, 0.15) is 5.15 Å². The Bertz CT molecular complexity index is 643. The molecule has 0 bridgehead atoms. The molecule has 24 heavy (non-hydrogen) atoms. The van der Waals surface area contributed by atoms with Crippen molar-refractivity contribution in [1.29, 1.82) is 0 Å². The maximum Gasteiger partial charge on any atom is 0.212 e. The van der Waals surface area contributed by atoms with Crippen molar-refractivity contribution in [3.8, 4) is 5.88 Å². The molecule has 7 heteroatoms. The van der Waals surface area contributed by atoms with E-state index in [0.717, 1.165) is 36.6 Å². The Labute approximate surface area is 147 Å². The fourth-order valence-corrected chi connectivity index (χ4v) is 2.13. The van der Waals surface area contributed by atoms with E-state index in [1.807, 2.05) is 25.1 Å². The number of rotatable bonds is 7. The van der Waals surface area contributed by atoms with Crippen molar-refractivity contribution < 1.29 is 4.74 Å². The van der Waals surface area contributed by atoms with Crippen LogP contribution in [-0.4, -0.2) is 36.1 Å².